The van der Waals surface area contributed by atoms with Crippen LogP contribution >= 0.6 is 0 Å². The van der Waals surface area contributed by atoms with E-state index in [0.717, 1.165) is 38.3 Å². The van der Waals surface area contributed by atoms with E-state index in [0.29, 0.717) is 19.0 Å². The fourth-order valence-electron chi connectivity index (χ4n) is 4.62. The van der Waals surface area contributed by atoms with Crippen molar-refractivity contribution < 1.29 is 9.59 Å². The lowest BCUT2D eigenvalue weighted by Crippen LogP contribution is -2.38. The third-order valence-corrected chi connectivity index (χ3v) is 5.99. The highest BCUT2D eigenvalue weighted by Crippen LogP contribution is 2.29. The van der Waals surface area contributed by atoms with Crippen molar-refractivity contribution in [1.82, 2.24) is 15.1 Å². The lowest BCUT2D eigenvalue weighted by Gasteiger charge is -2.30. The first-order valence-electron chi connectivity index (χ1n) is 9.93. The first-order chi connectivity index (χ1) is 11.6. The van der Waals surface area contributed by atoms with Crippen molar-refractivity contribution in [3.63, 3.8) is 0 Å². The molecule has 2 atom stereocenters. The average Bonchev–Trinajstić information content (AvgIpc) is 3.20. The minimum absolute atomic E-state index is 0.0795. The van der Waals surface area contributed by atoms with Gasteiger partial charge in [0.25, 0.3) is 0 Å². The van der Waals surface area contributed by atoms with Gasteiger partial charge in [0.1, 0.15) is 0 Å². The molecule has 1 saturated carbocycles. The summed E-state index contributed by atoms with van der Waals surface area (Å²) >= 11 is 0. The SMILES string of the molecule is CC1CCCN(CCCNC(=O)C2CC(=O)N(C3CCCC3)C2)C1. The Morgan fingerprint density at radius 2 is 1.96 bits per heavy atom. The zero-order valence-corrected chi connectivity index (χ0v) is 15.1. The maximum absolute atomic E-state index is 12.4. The number of carbonyl (C=O) groups excluding carboxylic acids is 2. The molecule has 2 heterocycles. The summed E-state index contributed by atoms with van der Waals surface area (Å²) < 4.78 is 0. The van der Waals surface area contributed by atoms with Gasteiger partial charge in [-0.15, -0.1) is 0 Å². The van der Waals surface area contributed by atoms with Crippen LogP contribution in [0.1, 0.15) is 58.3 Å². The van der Waals surface area contributed by atoms with Crippen LogP contribution in [-0.4, -0.2) is 60.4 Å². The Morgan fingerprint density at radius 1 is 1.17 bits per heavy atom. The lowest BCUT2D eigenvalue weighted by atomic mass is 10.0. The molecule has 1 aliphatic carbocycles. The standard InChI is InChI=1S/C19H33N3O2/c1-15-6-4-10-21(13-15)11-5-9-20-19(24)16-12-18(23)22(14-16)17-7-2-3-8-17/h15-17H,2-14H2,1H3,(H,20,24). The Kier molecular flexibility index (Phi) is 6.14. The molecule has 1 N–H and O–H groups in total. The molecule has 2 unspecified atom stereocenters. The topological polar surface area (TPSA) is 52.7 Å². The molecule has 3 aliphatic rings. The summed E-state index contributed by atoms with van der Waals surface area (Å²) in [6, 6.07) is 0.399. The zero-order chi connectivity index (χ0) is 16.9. The minimum Gasteiger partial charge on any atom is -0.356 e. The predicted octanol–water partition coefficient (Wildman–Crippen LogP) is 2.02. The van der Waals surface area contributed by atoms with Crippen LogP contribution in [0.2, 0.25) is 0 Å². The Morgan fingerprint density at radius 3 is 2.71 bits per heavy atom. The van der Waals surface area contributed by atoms with E-state index < -0.39 is 0 Å². The number of piperidine rings is 1. The summed E-state index contributed by atoms with van der Waals surface area (Å²) in [7, 11) is 0. The molecule has 0 radical (unpaired) electrons. The van der Waals surface area contributed by atoms with Gasteiger partial charge in [-0.05, 0) is 51.1 Å². The van der Waals surface area contributed by atoms with E-state index in [2.05, 4.69) is 17.1 Å². The Bertz CT molecular complexity index is 448. The van der Waals surface area contributed by atoms with Crippen LogP contribution in [0.3, 0.4) is 0 Å². The smallest absolute Gasteiger partial charge is 0.225 e. The second kappa shape index (κ2) is 8.32. The summed E-state index contributed by atoms with van der Waals surface area (Å²) in [4.78, 5) is 29.0. The fourth-order valence-corrected chi connectivity index (χ4v) is 4.62. The highest BCUT2D eigenvalue weighted by molar-refractivity contribution is 5.89. The zero-order valence-electron chi connectivity index (χ0n) is 15.1. The van der Waals surface area contributed by atoms with Crippen LogP contribution < -0.4 is 5.32 Å². The molecule has 0 spiro atoms. The second-order valence-electron chi connectivity index (χ2n) is 8.08. The lowest BCUT2D eigenvalue weighted by molar-refractivity contribution is -0.130. The predicted molar refractivity (Wildman–Crippen MR) is 94.5 cm³/mol. The first-order valence-corrected chi connectivity index (χ1v) is 9.93. The number of rotatable bonds is 6. The van der Waals surface area contributed by atoms with E-state index in [9.17, 15) is 9.59 Å². The van der Waals surface area contributed by atoms with Crippen molar-refractivity contribution >= 4 is 11.8 Å². The monoisotopic (exact) mass is 335 g/mol. The van der Waals surface area contributed by atoms with Crippen LogP contribution in [0.4, 0.5) is 0 Å². The largest absolute Gasteiger partial charge is 0.356 e. The molecule has 5 nitrogen and oxygen atoms in total. The number of hydrogen-bond acceptors (Lipinski definition) is 3. The molecule has 136 valence electrons. The number of carbonyl (C=O) groups is 2. The third kappa shape index (κ3) is 4.50. The van der Waals surface area contributed by atoms with Crippen molar-refractivity contribution in [3.05, 3.63) is 0 Å². The third-order valence-electron chi connectivity index (χ3n) is 5.99. The van der Waals surface area contributed by atoms with Crippen LogP contribution in [0.5, 0.6) is 0 Å². The van der Waals surface area contributed by atoms with Crippen molar-refractivity contribution in [1.29, 1.82) is 0 Å². The molecule has 3 fully saturated rings. The first kappa shape index (κ1) is 17.7. The molecule has 24 heavy (non-hydrogen) atoms. The number of amides is 2. The van der Waals surface area contributed by atoms with Gasteiger partial charge in [-0.3, -0.25) is 9.59 Å². The van der Waals surface area contributed by atoms with Gasteiger partial charge in [-0.25, -0.2) is 0 Å². The van der Waals surface area contributed by atoms with Gasteiger partial charge in [0.2, 0.25) is 11.8 Å². The van der Waals surface area contributed by atoms with Crippen LogP contribution in [0.15, 0.2) is 0 Å². The summed E-state index contributed by atoms with van der Waals surface area (Å²) in [5.74, 6) is 0.938. The van der Waals surface area contributed by atoms with Crippen molar-refractivity contribution in [2.24, 2.45) is 11.8 Å². The van der Waals surface area contributed by atoms with Crippen molar-refractivity contribution in [3.8, 4) is 0 Å². The fraction of sp³-hybridized carbons (Fsp3) is 0.895. The molecular formula is C19H33N3O2. The van der Waals surface area contributed by atoms with Crippen molar-refractivity contribution in [2.45, 2.75) is 64.3 Å². The average molecular weight is 335 g/mol. The number of likely N-dealkylation sites (tertiary alicyclic amines) is 2. The van der Waals surface area contributed by atoms with E-state index >= 15 is 0 Å². The van der Waals surface area contributed by atoms with Crippen LogP contribution in [0, 0.1) is 11.8 Å². The molecule has 0 aromatic carbocycles. The normalized spacial score (nSPS) is 29.4. The molecule has 0 aromatic rings. The maximum Gasteiger partial charge on any atom is 0.225 e. The van der Waals surface area contributed by atoms with Crippen LogP contribution in [0.25, 0.3) is 0 Å². The van der Waals surface area contributed by atoms with Gasteiger partial charge in [0, 0.05) is 32.1 Å². The van der Waals surface area contributed by atoms with E-state index in [1.165, 1.54) is 38.8 Å². The Labute approximate surface area is 146 Å². The Hall–Kier alpha value is -1.10. The quantitative estimate of drug-likeness (QED) is 0.756. The molecule has 0 bridgehead atoms. The highest BCUT2D eigenvalue weighted by atomic mass is 16.2. The van der Waals surface area contributed by atoms with E-state index in [1.807, 2.05) is 4.90 Å². The molecular weight excluding hydrogens is 302 g/mol. The number of hydrogen-bond donors (Lipinski definition) is 1. The molecule has 0 aromatic heterocycles. The molecule has 2 saturated heterocycles. The summed E-state index contributed by atoms with van der Waals surface area (Å²) in [6.07, 6.45) is 8.75. The Balaban J connectivity index is 1.34. The molecule has 2 amide bonds. The van der Waals surface area contributed by atoms with Crippen molar-refractivity contribution in [2.75, 3.05) is 32.7 Å². The van der Waals surface area contributed by atoms with Gasteiger partial charge in [-0.2, -0.15) is 0 Å². The van der Waals surface area contributed by atoms with Gasteiger partial charge in [0.05, 0.1) is 5.92 Å². The summed E-state index contributed by atoms with van der Waals surface area (Å²) in [5.41, 5.74) is 0. The van der Waals surface area contributed by atoms with E-state index in [4.69, 9.17) is 0 Å². The van der Waals surface area contributed by atoms with Gasteiger partial charge in [-0.1, -0.05) is 19.8 Å². The molecule has 3 rings (SSSR count). The summed E-state index contributed by atoms with van der Waals surface area (Å²) in [6.45, 7) is 7.16. The van der Waals surface area contributed by atoms with Crippen LogP contribution in [-0.2, 0) is 9.59 Å². The van der Waals surface area contributed by atoms with Gasteiger partial charge >= 0.3 is 0 Å². The molecule has 5 heteroatoms. The summed E-state index contributed by atoms with van der Waals surface area (Å²) in [5, 5.41) is 3.06. The van der Waals surface area contributed by atoms with E-state index in [-0.39, 0.29) is 17.7 Å². The number of nitrogens with one attached hydrogen (secondary N) is 1. The second-order valence-corrected chi connectivity index (χ2v) is 8.08. The van der Waals surface area contributed by atoms with Gasteiger partial charge < -0.3 is 15.1 Å². The molecule has 2 aliphatic heterocycles. The number of nitrogens with zero attached hydrogens (tertiary/aromatic N) is 2. The maximum atomic E-state index is 12.4. The van der Waals surface area contributed by atoms with E-state index in [1.54, 1.807) is 0 Å². The minimum atomic E-state index is -0.131. The van der Waals surface area contributed by atoms with Gasteiger partial charge in [0.15, 0.2) is 0 Å². The highest BCUT2D eigenvalue weighted by Gasteiger charge is 2.38.